The average molecular weight is 661 g/mol. The van der Waals surface area contributed by atoms with Crippen LogP contribution in [-0.4, -0.2) is 86.8 Å². The molecule has 8 heterocycles. The quantitative estimate of drug-likeness (QED) is 0.249. The Hall–Kier alpha value is -2.87. The lowest BCUT2D eigenvalue weighted by atomic mass is 10.0. The van der Waals surface area contributed by atoms with Gasteiger partial charge in [0.2, 0.25) is 0 Å². The maximum Gasteiger partial charge on any atom is 0.393 e. The molecule has 2 aromatic heterocycles. The van der Waals surface area contributed by atoms with Gasteiger partial charge in [-0.25, -0.2) is 9.97 Å². The summed E-state index contributed by atoms with van der Waals surface area (Å²) in [5, 5.41) is 10.1. The first kappa shape index (κ1) is 32.1. The van der Waals surface area contributed by atoms with Crippen molar-refractivity contribution in [3.63, 3.8) is 0 Å². The van der Waals surface area contributed by atoms with E-state index >= 15 is 0 Å². The van der Waals surface area contributed by atoms with Crippen LogP contribution in [-0.2, 0) is 0 Å². The second-order valence-electron chi connectivity index (χ2n) is 12.6. The highest BCUT2D eigenvalue weighted by Crippen LogP contribution is 2.39. The number of hydrogen-bond acceptors (Lipinski definition) is 8. The number of rotatable bonds is 1. The molecule has 2 aromatic rings. The third kappa shape index (κ3) is 7.58. The van der Waals surface area contributed by atoms with Gasteiger partial charge in [-0.05, 0) is 69.3 Å². The summed E-state index contributed by atoms with van der Waals surface area (Å²) in [5.74, 6) is 0.0930. The van der Waals surface area contributed by atoms with Gasteiger partial charge in [-0.3, -0.25) is 0 Å². The average Bonchev–Trinajstić information content (AvgIpc) is 3.71. The van der Waals surface area contributed by atoms with Crippen molar-refractivity contribution >= 4 is 40.4 Å². The Kier molecular flexibility index (Phi) is 9.33. The van der Waals surface area contributed by atoms with E-state index in [4.69, 9.17) is 11.6 Å². The van der Waals surface area contributed by atoms with E-state index in [1.54, 1.807) is 4.90 Å². The van der Waals surface area contributed by atoms with Crippen molar-refractivity contribution in [2.75, 3.05) is 77.7 Å². The Morgan fingerprint density at radius 2 is 1.27 bits per heavy atom. The van der Waals surface area contributed by atoms with Crippen molar-refractivity contribution in [2.45, 2.75) is 63.0 Å². The van der Waals surface area contributed by atoms with E-state index in [1.165, 1.54) is 18.5 Å². The van der Waals surface area contributed by atoms with E-state index in [-0.39, 0.29) is 25.9 Å². The van der Waals surface area contributed by atoms with Crippen molar-refractivity contribution in [1.29, 1.82) is 0 Å². The van der Waals surface area contributed by atoms with Crippen LogP contribution in [0.5, 0.6) is 0 Å². The van der Waals surface area contributed by atoms with Crippen LogP contribution in [0.4, 0.5) is 55.2 Å². The molecule has 4 atom stereocenters. The fourth-order valence-electron chi connectivity index (χ4n) is 6.95. The number of halogens is 7. The summed E-state index contributed by atoms with van der Waals surface area (Å²) in [6.07, 6.45) is -2.90. The predicted molar refractivity (Wildman–Crippen MR) is 165 cm³/mol. The molecule has 0 spiro atoms. The first-order valence-corrected chi connectivity index (χ1v) is 16.1. The van der Waals surface area contributed by atoms with Gasteiger partial charge in [0.15, 0.2) is 11.6 Å². The van der Waals surface area contributed by atoms with Crippen molar-refractivity contribution in [2.24, 2.45) is 11.8 Å². The minimum atomic E-state index is -4.11. The molecule has 6 aliphatic rings. The number of nitrogens with one attached hydrogen (secondary N) is 3. The number of nitrogens with zero attached hydrogens (tertiary/aromatic N) is 5. The van der Waals surface area contributed by atoms with E-state index in [0.717, 1.165) is 56.3 Å². The highest BCUT2D eigenvalue weighted by Gasteiger charge is 2.44. The largest absolute Gasteiger partial charge is 0.393 e. The van der Waals surface area contributed by atoms with Crippen LogP contribution in [0.25, 0.3) is 0 Å². The van der Waals surface area contributed by atoms with Gasteiger partial charge in [-0.2, -0.15) is 26.3 Å². The third-order valence-corrected chi connectivity index (χ3v) is 9.61. The van der Waals surface area contributed by atoms with E-state index < -0.39 is 24.2 Å². The van der Waals surface area contributed by atoms with Crippen LogP contribution >= 0.6 is 11.6 Å². The molecule has 4 bridgehead atoms. The van der Waals surface area contributed by atoms with E-state index in [0.29, 0.717) is 36.1 Å². The molecule has 8 nitrogen and oxygen atoms in total. The fraction of sp³-hybridized carbons (Fsp3) is 0.667. The molecule has 6 aliphatic heterocycles. The van der Waals surface area contributed by atoms with Gasteiger partial charge >= 0.3 is 12.4 Å². The molecule has 0 radical (unpaired) electrons. The zero-order valence-corrected chi connectivity index (χ0v) is 25.7. The highest BCUT2D eigenvalue weighted by molar-refractivity contribution is 6.29. The standard InChI is InChI=1S/C15H19F3N4.C10H12ClN3.C5H8F3N/c16-15(17,18)10-5-7-22(8-10)13-4-3-12-14(20-13)19-11-2-1-6-21(12)9-11;11-9-4-3-8-10(13-9)12-7-2-1-5-14(8)6-7;6-5(7,8)4-1-2-9-3-4/h3-4,10-11H,1-2,5-9H2,(H,19,20);3-4,7H,1-2,5-6H2,(H,12,13);4,9H,1-3H2/t10?,11-;7-;/m00./s1. The molecule has 3 N–H and O–H groups in total. The van der Waals surface area contributed by atoms with Crippen molar-refractivity contribution in [3.8, 4) is 0 Å². The lowest BCUT2D eigenvalue weighted by Crippen LogP contribution is -2.46. The molecule has 45 heavy (non-hydrogen) atoms. The number of pyridine rings is 2. The van der Waals surface area contributed by atoms with Gasteiger partial charge in [-0.1, -0.05) is 11.6 Å². The first-order chi connectivity index (χ1) is 21.4. The lowest BCUT2D eigenvalue weighted by molar-refractivity contribution is -0.169. The summed E-state index contributed by atoms with van der Waals surface area (Å²) in [4.78, 5) is 15.4. The summed E-state index contributed by atoms with van der Waals surface area (Å²) in [6, 6.07) is 8.73. The molecule has 0 aromatic carbocycles. The fourth-order valence-corrected chi connectivity index (χ4v) is 7.10. The molecule has 0 aliphatic carbocycles. The molecular weight excluding hydrogens is 622 g/mol. The van der Waals surface area contributed by atoms with E-state index in [2.05, 4.69) is 41.8 Å². The Labute approximate surface area is 263 Å². The maximum absolute atomic E-state index is 12.8. The Balaban J connectivity index is 0.000000132. The van der Waals surface area contributed by atoms with Gasteiger partial charge in [0.1, 0.15) is 11.0 Å². The van der Waals surface area contributed by atoms with Gasteiger partial charge in [0.25, 0.3) is 0 Å². The van der Waals surface area contributed by atoms with Crippen LogP contribution in [0.1, 0.15) is 38.5 Å². The second-order valence-corrected chi connectivity index (χ2v) is 13.0. The monoisotopic (exact) mass is 660 g/mol. The molecule has 15 heteroatoms. The minimum absolute atomic E-state index is 0.0163. The van der Waals surface area contributed by atoms with Gasteiger partial charge in [0.05, 0.1) is 23.2 Å². The molecule has 0 saturated carbocycles. The first-order valence-electron chi connectivity index (χ1n) is 15.7. The maximum atomic E-state index is 12.8. The second kappa shape index (κ2) is 13.1. The summed E-state index contributed by atoms with van der Waals surface area (Å²) in [7, 11) is 0. The topological polar surface area (TPSA) is 71.6 Å². The lowest BCUT2D eigenvalue weighted by Gasteiger charge is -2.41. The zero-order chi connectivity index (χ0) is 31.8. The molecule has 4 saturated heterocycles. The number of hydrogen-bond donors (Lipinski definition) is 3. The highest BCUT2D eigenvalue weighted by atomic mass is 35.5. The molecule has 2 unspecified atom stereocenters. The summed E-state index contributed by atoms with van der Waals surface area (Å²) >= 11 is 5.86. The smallest absolute Gasteiger partial charge is 0.366 e. The van der Waals surface area contributed by atoms with E-state index in [9.17, 15) is 26.3 Å². The summed E-state index contributed by atoms with van der Waals surface area (Å²) < 4.78 is 73.6. The molecule has 8 rings (SSSR count). The normalized spacial score (nSPS) is 26.8. The molecule has 4 fully saturated rings. The van der Waals surface area contributed by atoms with Gasteiger partial charge in [0, 0.05) is 57.9 Å². The van der Waals surface area contributed by atoms with Crippen molar-refractivity contribution in [1.82, 2.24) is 15.3 Å². The Morgan fingerprint density at radius 1 is 0.667 bits per heavy atom. The minimum Gasteiger partial charge on any atom is -0.366 e. The summed E-state index contributed by atoms with van der Waals surface area (Å²) in [5.41, 5.74) is 2.27. The SMILES string of the molecule is Clc1ccc2c(n1)N[C@H]1CCCN2C1.FC(F)(F)C1CCN(c2ccc3c(n2)N[C@H]2CCCN3C2)C1.FC(F)(F)C1CCNC1. The van der Waals surface area contributed by atoms with Gasteiger partial charge in [-0.15, -0.1) is 0 Å². The number of anilines is 5. The van der Waals surface area contributed by atoms with Crippen LogP contribution < -0.4 is 30.7 Å². The number of piperidine rings is 2. The van der Waals surface area contributed by atoms with E-state index in [1.807, 2.05) is 18.2 Å². The van der Waals surface area contributed by atoms with Crippen LogP contribution in [0, 0.1) is 11.8 Å². The molecule has 248 valence electrons. The number of alkyl halides is 6. The predicted octanol–water partition coefficient (Wildman–Crippen LogP) is 6.15. The third-order valence-electron chi connectivity index (χ3n) is 9.40. The summed E-state index contributed by atoms with van der Waals surface area (Å²) in [6.45, 7) is 5.32. The Bertz CT molecular complexity index is 1320. The van der Waals surface area contributed by atoms with Crippen LogP contribution in [0.3, 0.4) is 0 Å². The zero-order valence-electron chi connectivity index (χ0n) is 24.9. The van der Waals surface area contributed by atoms with Gasteiger partial charge < -0.3 is 30.7 Å². The number of fused-ring (bicyclic) bond motifs is 8. The number of aromatic nitrogens is 2. The van der Waals surface area contributed by atoms with Crippen molar-refractivity contribution < 1.29 is 26.3 Å². The van der Waals surface area contributed by atoms with Crippen LogP contribution in [0.2, 0.25) is 5.15 Å². The molecule has 0 amide bonds. The Morgan fingerprint density at radius 3 is 1.80 bits per heavy atom. The van der Waals surface area contributed by atoms with Crippen molar-refractivity contribution in [3.05, 3.63) is 29.4 Å². The van der Waals surface area contributed by atoms with Crippen LogP contribution in [0.15, 0.2) is 24.3 Å². The molecular formula is C30H39ClF6N8.